The number of hydrogen-bond donors (Lipinski definition) is 1. The Bertz CT molecular complexity index is 635. The highest BCUT2D eigenvalue weighted by molar-refractivity contribution is 7.10. The van der Waals surface area contributed by atoms with E-state index in [1.807, 2.05) is 18.3 Å². The lowest BCUT2D eigenvalue weighted by atomic mass is 10.1. The number of nitrogens with zero attached hydrogens (tertiary/aromatic N) is 2. The van der Waals surface area contributed by atoms with Gasteiger partial charge in [-0.15, -0.1) is 11.3 Å². The molecule has 23 heavy (non-hydrogen) atoms. The summed E-state index contributed by atoms with van der Waals surface area (Å²) < 4.78 is 0. The van der Waals surface area contributed by atoms with E-state index >= 15 is 0 Å². The Morgan fingerprint density at radius 1 is 1.39 bits per heavy atom. The Hall–Kier alpha value is -1.72. The molecule has 1 atom stereocenters. The molecule has 2 aromatic rings. The monoisotopic (exact) mass is 329 g/mol. The summed E-state index contributed by atoms with van der Waals surface area (Å²) in [6, 6.07) is 5.82. The van der Waals surface area contributed by atoms with Crippen molar-refractivity contribution in [2.45, 2.75) is 32.2 Å². The molecule has 0 bridgehead atoms. The van der Waals surface area contributed by atoms with Crippen molar-refractivity contribution in [1.29, 1.82) is 0 Å². The first-order valence-electron chi connectivity index (χ1n) is 8.20. The summed E-state index contributed by atoms with van der Waals surface area (Å²) in [6.45, 7) is 4.77. The zero-order valence-electron chi connectivity index (χ0n) is 13.5. The Morgan fingerprint density at radius 3 is 2.87 bits per heavy atom. The van der Waals surface area contributed by atoms with E-state index in [1.54, 1.807) is 17.5 Å². The van der Waals surface area contributed by atoms with E-state index in [0.29, 0.717) is 6.54 Å². The topological polar surface area (TPSA) is 45.2 Å². The molecule has 0 radical (unpaired) electrons. The SMILES string of the molecule is Cc1ccsc1CCNC(=O)[C@H](c1cccnc1)N1CCCC1. The van der Waals surface area contributed by atoms with Crippen molar-refractivity contribution in [2.75, 3.05) is 19.6 Å². The lowest BCUT2D eigenvalue weighted by molar-refractivity contribution is -0.126. The highest BCUT2D eigenvalue weighted by Gasteiger charge is 2.29. The fourth-order valence-electron chi connectivity index (χ4n) is 3.12. The van der Waals surface area contributed by atoms with Crippen molar-refractivity contribution < 1.29 is 4.79 Å². The molecule has 1 fully saturated rings. The first-order chi connectivity index (χ1) is 11.3. The van der Waals surface area contributed by atoms with Crippen molar-refractivity contribution in [3.05, 3.63) is 52.0 Å². The average Bonchev–Trinajstić information content (AvgIpc) is 3.21. The minimum absolute atomic E-state index is 0.0918. The molecule has 3 rings (SSSR count). The van der Waals surface area contributed by atoms with Crippen LogP contribution in [0.3, 0.4) is 0 Å². The molecule has 0 saturated carbocycles. The largest absolute Gasteiger partial charge is 0.354 e. The lowest BCUT2D eigenvalue weighted by Crippen LogP contribution is -2.40. The number of thiophene rings is 1. The Labute approximate surface area is 141 Å². The minimum Gasteiger partial charge on any atom is -0.354 e. The standard InChI is InChI=1S/C18H23N3OS/c1-14-7-12-23-16(14)6-9-20-18(22)17(21-10-2-3-11-21)15-5-4-8-19-13-15/h4-5,7-8,12-13,17H,2-3,6,9-11H2,1H3,(H,20,22)/t17-/m0/s1. The van der Waals surface area contributed by atoms with Gasteiger partial charge in [-0.1, -0.05) is 6.07 Å². The van der Waals surface area contributed by atoms with E-state index in [2.05, 4.69) is 33.6 Å². The van der Waals surface area contributed by atoms with Crippen LogP contribution in [0, 0.1) is 6.92 Å². The van der Waals surface area contributed by atoms with Gasteiger partial charge < -0.3 is 5.32 Å². The molecule has 1 saturated heterocycles. The van der Waals surface area contributed by atoms with Gasteiger partial charge in [0.1, 0.15) is 6.04 Å². The number of amides is 1. The third-order valence-corrected chi connectivity index (χ3v) is 5.46. The Balaban J connectivity index is 1.64. The third kappa shape index (κ3) is 3.98. The molecule has 3 heterocycles. The van der Waals surface area contributed by atoms with E-state index in [9.17, 15) is 4.79 Å². The number of carbonyl (C=O) groups excluding carboxylic acids is 1. The Kier molecular flexibility index (Phi) is 5.41. The molecular formula is C18H23N3OS. The maximum Gasteiger partial charge on any atom is 0.242 e. The number of aromatic nitrogens is 1. The molecule has 5 heteroatoms. The smallest absolute Gasteiger partial charge is 0.242 e. The van der Waals surface area contributed by atoms with Crippen LogP contribution in [0.2, 0.25) is 0 Å². The Morgan fingerprint density at radius 2 is 2.22 bits per heavy atom. The van der Waals surface area contributed by atoms with Crippen LogP contribution in [0.1, 0.15) is 34.9 Å². The van der Waals surface area contributed by atoms with Crippen LogP contribution >= 0.6 is 11.3 Å². The number of hydrogen-bond acceptors (Lipinski definition) is 4. The van der Waals surface area contributed by atoms with Gasteiger partial charge in [-0.3, -0.25) is 14.7 Å². The first-order valence-corrected chi connectivity index (χ1v) is 9.08. The van der Waals surface area contributed by atoms with Crippen LogP contribution in [0.25, 0.3) is 0 Å². The van der Waals surface area contributed by atoms with E-state index in [4.69, 9.17) is 0 Å². The van der Waals surface area contributed by atoms with Gasteiger partial charge in [0.05, 0.1) is 0 Å². The molecule has 4 nitrogen and oxygen atoms in total. The predicted octanol–water partition coefficient (Wildman–Crippen LogP) is 2.95. The molecule has 0 spiro atoms. The molecule has 1 aliphatic rings. The van der Waals surface area contributed by atoms with Crippen molar-refractivity contribution in [3.8, 4) is 0 Å². The van der Waals surface area contributed by atoms with Crippen LogP contribution in [0.5, 0.6) is 0 Å². The number of carbonyl (C=O) groups is 1. The highest BCUT2D eigenvalue weighted by Crippen LogP contribution is 2.25. The average molecular weight is 329 g/mol. The summed E-state index contributed by atoms with van der Waals surface area (Å²) in [5.74, 6) is 0.0918. The van der Waals surface area contributed by atoms with Crippen LogP contribution < -0.4 is 5.32 Å². The number of rotatable bonds is 6. The molecule has 0 unspecified atom stereocenters. The zero-order chi connectivity index (χ0) is 16.1. The molecule has 1 N–H and O–H groups in total. The molecule has 0 aliphatic carbocycles. The zero-order valence-corrected chi connectivity index (χ0v) is 14.3. The summed E-state index contributed by atoms with van der Waals surface area (Å²) in [4.78, 5) is 20.6. The summed E-state index contributed by atoms with van der Waals surface area (Å²) in [6.07, 6.45) is 6.79. The predicted molar refractivity (Wildman–Crippen MR) is 93.6 cm³/mol. The lowest BCUT2D eigenvalue weighted by Gasteiger charge is -2.26. The van der Waals surface area contributed by atoms with E-state index in [1.165, 1.54) is 23.3 Å². The van der Waals surface area contributed by atoms with Gasteiger partial charge in [-0.05, 0) is 67.9 Å². The van der Waals surface area contributed by atoms with Gasteiger partial charge in [0, 0.05) is 23.8 Å². The maximum atomic E-state index is 12.8. The third-order valence-electron chi connectivity index (χ3n) is 4.37. The molecule has 1 aliphatic heterocycles. The van der Waals surface area contributed by atoms with Crippen molar-refractivity contribution in [1.82, 2.24) is 15.2 Å². The molecule has 0 aromatic carbocycles. The summed E-state index contributed by atoms with van der Waals surface area (Å²) in [5, 5.41) is 5.23. The van der Waals surface area contributed by atoms with Gasteiger partial charge in [0.25, 0.3) is 0 Å². The summed E-state index contributed by atoms with van der Waals surface area (Å²) in [7, 11) is 0. The van der Waals surface area contributed by atoms with E-state index in [-0.39, 0.29) is 11.9 Å². The fourth-order valence-corrected chi connectivity index (χ4v) is 4.03. The van der Waals surface area contributed by atoms with Gasteiger partial charge >= 0.3 is 0 Å². The number of aryl methyl sites for hydroxylation is 1. The number of likely N-dealkylation sites (tertiary alicyclic amines) is 1. The highest BCUT2D eigenvalue weighted by atomic mass is 32.1. The second-order valence-corrected chi connectivity index (χ2v) is 7.00. The molecule has 1 amide bonds. The van der Waals surface area contributed by atoms with E-state index < -0.39 is 0 Å². The number of nitrogens with one attached hydrogen (secondary N) is 1. The van der Waals surface area contributed by atoms with Gasteiger partial charge in [-0.25, -0.2) is 0 Å². The fraction of sp³-hybridized carbons (Fsp3) is 0.444. The molecule has 122 valence electrons. The van der Waals surface area contributed by atoms with E-state index in [0.717, 1.165) is 25.1 Å². The maximum absolute atomic E-state index is 12.8. The van der Waals surface area contributed by atoms with Crippen LogP contribution in [0.15, 0.2) is 36.0 Å². The molecule has 2 aromatic heterocycles. The second-order valence-electron chi connectivity index (χ2n) is 6.00. The van der Waals surface area contributed by atoms with Gasteiger partial charge in [0.15, 0.2) is 0 Å². The second kappa shape index (κ2) is 7.70. The van der Waals surface area contributed by atoms with Crippen molar-refractivity contribution in [3.63, 3.8) is 0 Å². The van der Waals surface area contributed by atoms with Crippen molar-refractivity contribution >= 4 is 17.2 Å². The van der Waals surface area contributed by atoms with Crippen LogP contribution in [0.4, 0.5) is 0 Å². The molecular weight excluding hydrogens is 306 g/mol. The minimum atomic E-state index is -0.212. The normalized spacial score (nSPS) is 16.4. The van der Waals surface area contributed by atoms with Crippen LogP contribution in [-0.4, -0.2) is 35.4 Å². The quantitative estimate of drug-likeness (QED) is 0.886. The summed E-state index contributed by atoms with van der Waals surface area (Å²) >= 11 is 1.76. The summed E-state index contributed by atoms with van der Waals surface area (Å²) in [5.41, 5.74) is 2.30. The van der Waals surface area contributed by atoms with Crippen LogP contribution in [-0.2, 0) is 11.2 Å². The number of pyridine rings is 1. The van der Waals surface area contributed by atoms with Gasteiger partial charge in [0.2, 0.25) is 5.91 Å². The van der Waals surface area contributed by atoms with Crippen molar-refractivity contribution in [2.24, 2.45) is 0 Å². The first kappa shape index (κ1) is 16.1. The van der Waals surface area contributed by atoms with Gasteiger partial charge in [-0.2, -0.15) is 0 Å².